The number of hydrogen-bond donors (Lipinski definition) is 1. The number of amides is 2. The van der Waals surface area contributed by atoms with Crippen LogP contribution >= 0.6 is 0 Å². The van der Waals surface area contributed by atoms with Crippen LogP contribution in [0.5, 0.6) is 0 Å². The molecule has 1 N–H and O–H groups in total. The van der Waals surface area contributed by atoms with Crippen molar-refractivity contribution in [2.45, 2.75) is 52.5 Å². The van der Waals surface area contributed by atoms with E-state index in [2.05, 4.69) is 29.3 Å². The minimum atomic E-state index is -0.380. The van der Waals surface area contributed by atoms with E-state index in [9.17, 15) is 9.59 Å². The smallest absolute Gasteiger partial charge is 0.246 e. The van der Waals surface area contributed by atoms with Crippen molar-refractivity contribution in [2.75, 3.05) is 11.4 Å². The Morgan fingerprint density at radius 2 is 1.93 bits per heavy atom. The molecule has 1 aromatic carbocycles. The average molecular weight is 370 g/mol. The van der Waals surface area contributed by atoms with Gasteiger partial charge in [-0.15, -0.1) is 0 Å². The van der Waals surface area contributed by atoms with Crippen LogP contribution in [0.3, 0.4) is 0 Å². The van der Waals surface area contributed by atoms with E-state index < -0.39 is 0 Å². The highest BCUT2D eigenvalue weighted by Gasteiger charge is 2.35. The molecule has 1 aromatic heterocycles. The Morgan fingerprint density at radius 3 is 2.52 bits per heavy atom. The first kappa shape index (κ1) is 19.1. The Bertz CT molecular complexity index is 811. The first-order valence-electron chi connectivity index (χ1n) is 9.35. The van der Waals surface area contributed by atoms with Gasteiger partial charge in [-0.3, -0.25) is 9.59 Å². The van der Waals surface area contributed by atoms with Crippen molar-refractivity contribution < 1.29 is 14.1 Å². The lowest BCUT2D eigenvalue weighted by atomic mass is 10.0. The van der Waals surface area contributed by atoms with Gasteiger partial charge in [0, 0.05) is 24.6 Å². The SMILES string of the molecule is CC(C)c1ccc(N2CC(C(=O)NCc3nc(C(C)C)no3)CC2=O)cc1. The molecule has 1 aliphatic rings. The van der Waals surface area contributed by atoms with Gasteiger partial charge in [-0.2, -0.15) is 4.98 Å². The molecule has 0 bridgehead atoms. The van der Waals surface area contributed by atoms with E-state index in [1.807, 2.05) is 38.1 Å². The fourth-order valence-electron chi connectivity index (χ4n) is 3.05. The average Bonchev–Trinajstić information content (AvgIpc) is 3.26. The Labute approximate surface area is 159 Å². The lowest BCUT2D eigenvalue weighted by molar-refractivity contribution is -0.126. The van der Waals surface area contributed by atoms with Crippen molar-refractivity contribution in [1.29, 1.82) is 0 Å². The normalized spacial score (nSPS) is 17.2. The summed E-state index contributed by atoms with van der Waals surface area (Å²) in [4.78, 5) is 30.7. The Kier molecular flexibility index (Phi) is 5.58. The fraction of sp³-hybridized carbons (Fsp3) is 0.500. The molecule has 144 valence electrons. The lowest BCUT2D eigenvalue weighted by Gasteiger charge is -2.17. The van der Waals surface area contributed by atoms with E-state index >= 15 is 0 Å². The van der Waals surface area contributed by atoms with Crippen LogP contribution in [0.1, 0.15) is 63.2 Å². The standard InChI is InChI=1S/C20H26N4O3/c1-12(2)14-5-7-16(8-6-14)24-11-15(9-18(24)25)20(26)21-10-17-22-19(13(3)4)23-27-17/h5-8,12-13,15H,9-11H2,1-4H3,(H,21,26). The van der Waals surface area contributed by atoms with Crippen LogP contribution in [0.2, 0.25) is 0 Å². The number of nitrogens with one attached hydrogen (secondary N) is 1. The van der Waals surface area contributed by atoms with Crippen LogP contribution in [-0.2, 0) is 16.1 Å². The Hall–Kier alpha value is -2.70. The summed E-state index contributed by atoms with van der Waals surface area (Å²) in [6, 6.07) is 7.95. The first-order chi connectivity index (χ1) is 12.8. The summed E-state index contributed by atoms with van der Waals surface area (Å²) in [6.07, 6.45) is 0.207. The van der Waals surface area contributed by atoms with E-state index in [1.165, 1.54) is 5.56 Å². The first-order valence-corrected chi connectivity index (χ1v) is 9.35. The van der Waals surface area contributed by atoms with Gasteiger partial charge in [0.2, 0.25) is 17.7 Å². The van der Waals surface area contributed by atoms with Crippen molar-refractivity contribution in [1.82, 2.24) is 15.5 Å². The van der Waals surface area contributed by atoms with Crippen LogP contribution in [0.15, 0.2) is 28.8 Å². The maximum Gasteiger partial charge on any atom is 0.246 e. The van der Waals surface area contributed by atoms with Gasteiger partial charge in [0.15, 0.2) is 5.82 Å². The van der Waals surface area contributed by atoms with Crippen LogP contribution in [-0.4, -0.2) is 28.5 Å². The summed E-state index contributed by atoms with van der Waals surface area (Å²) in [6.45, 7) is 8.76. The molecule has 7 heteroatoms. The summed E-state index contributed by atoms with van der Waals surface area (Å²) in [5.74, 6) is 1.01. The summed E-state index contributed by atoms with van der Waals surface area (Å²) in [5.41, 5.74) is 2.05. The van der Waals surface area contributed by atoms with E-state index in [-0.39, 0.29) is 36.6 Å². The van der Waals surface area contributed by atoms with Crippen molar-refractivity contribution in [3.05, 3.63) is 41.5 Å². The predicted molar refractivity (Wildman–Crippen MR) is 101 cm³/mol. The van der Waals surface area contributed by atoms with Crippen molar-refractivity contribution >= 4 is 17.5 Å². The number of nitrogens with zero attached hydrogens (tertiary/aromatic N) is 3. The third-order valence-corrected chi connectivity index (χ3v) is 4.78. The fourth-order valence-corrected chi connectivity index (χ4v) is 3.05. The number of rotatable bonds is 6. The second-order valence-electron chi connectivity index (χ2n) is 7.57. The number of hydrogen-bond acceptors (Lipinski definition) is 5. The summed E-state index contributed by atoms with van der Waals surface area (Å²) < 4.78 is 5.13. The zero-order chi connectivity index (χ0) is 19.6. The van der Waals surface area contributed by atoms with Crippen LogP contribution in [0.25, 0.3) is 0 Å². The number of carbonyl (C=O) groups excluding carboxylic acids is 2. The zero-order valence-electron chi connectivity index (χ0n) is 16.2. The second-order valence-corrected chi connectivity index (χ2v) is 7.57. The predicted octanol–water partition coefficient (Wildman–Crippen LogP) is 2.99. The van der Waals surface area contributed by atoms with Gasteiger partial charge in [-0.25, -0.2) is 0 Å². The molecule has 3 rings (SSSR count). The molecular formula is C20H26N4O3. The highest BCUT2D eigenvalue weighted by molar-refractivity contribution is 6.00. The summed E-state index contributed by atoms with van der Waals surface area (Å²) in [7, 11) is 0. The molecule has 2 aromatic rings. The van der Waals surface area contributed by atoms with Gasteiger partial charge in [0.1, 0.15) is 0 Å². The van der Waals surface area contributed by atoms with E-state index in [0.717, 1.165) is 5.69 Å². The molecule has 1 saturated heterocycles. The molecule has 2 heterocycles. The zero-order valence-corrected chi connectivity index (χ0v) is 16.2. The van der Waals surface area contributed by atoms with Crippen molar-refractivity contribution in [2.24, 2.45) is 5.92 Å². The van der Waals surface area contributed by atoms with Gasteiger partial charge in [-0.05, 0) is 23.6 Å². The molecule has 1 aliphatic heterocycles. The van der Waals surface area contributed by atoms with Crippen LogP contribution in [0.4, 0.5) is 5.69 Å². The molecule has 0 spiro atoms. The maximum atomic E-state index is 12.4. The lowest BCUT2D eigenvalue weighted by Crippen LogP contribution is -2.32. The topological polar surface area (TPSA) is 88.3 Å². The molecule has 2 amide bonds. The number of carbonyl (C=O) groups is 2. The minimum Gasteiger partial charge on any atom is -0.347 e. The third-order valence-electron chi connectivity index (χ3n) is 4.78. The van der Waals surface area contributed by atoms with Gasteiger partial charge < -0.3 is 14.7 Å². The molecule has 7 nitrogen and oxygen atoms in total. The second kappa shape index (κ2) is 7.90. The highest BCUT2D eigenvalue weighted by Crippen LogP contribution is 2.27. The molecule has 0 saturated carbocycles. The molecule has 1 atom stereocenters. The van der Waals surface area contributed by atoms with Crippen LogP contribution in [0, 0.1) is 5.92 Å². The van der Waals surface area contributed by atoms with Gasteiger partial charge in [-0.1, -0.05) is 45.0 Å². The van der Waals surface area contributed by atoms with E-state index in [4.69, 9.17) is 4.52 Å². The van der Waals surface area contributed by atoms with Gasteiger partial charge >= 0.3 is 0 Å². The maximum absolute atomic E-state index is 12.4. The van der Waals surface area contributed by atoms with E-state index in [0.29, 0.717) is 24.2 Å². The van der Waals surface area contributed by atoms with Crippen molar-refractivity contribution in [3.8, 4) is 0 Å². The number of benzene rings is 1. The monoisotopic (exact) mass is 370 g/mol. The largest absolute Gasteiger partial charge is 0.347 e. The Morgan fingerprint density at radius 1 is 1.22 bits per heavy atom. The molecular weight excluding hydrogens is 344 g/mol. The number of anilines is 1. The molecule has 1 fully saturated rings. The summed E-state index contributed by atoms with van der Waals surface area (Å²) in [5, 5.41) is 6.67. The molecule has 0 aliphatic carbocycles. The summed E-state index contributed by atoms with van der Waals surface area (Å²) >= 11 is 0. The van der Waals surface area contributed by atoms with Gasteiger partial charge in [0.25, 0.3) is 0 Å². The van der Waals surface area contributed by atoms with Crippen LogP contribution < -0.4 is 10.2 Å². The third kappa shape index (κ3) is 4.35. The molecule has 1 unspecified atom stereocenters. The highest BCUT2D eigenvalue weighted by atomic mass is 16.5. The quantitative estimate of drug-likeness (QED) is 0.844. The number of aromatic nitrogens is 2. The minimum absolute atomic E-state index is 0.0349. The Balaban J connectivity index is 1.58. The van der Waals surface area contributed by atoms with Crippen molar-refractivity contribution in [3.63, 3.8) is 0 Å². The molecule has 0 radical (unpaired) electrons. The molecule has 27 heavy (non-hydrogen) atoms. The van der Waals surface area contributed by atoms with E-state index in [1.54, 1.807) is 4.90 Å². The van der Waals surface area contributed by atoms with Gasteiger partial charge in [0.05, 0.1) is 12.5 Å².